The second-order valence-corrected chi connectivity index (χ2v) is 12.3. The number of hydrogen-bond acceptors (Lipinski definition) is 5. The monoisotopic (exact) mass is 619 g/mol. The second kappa shape index (κ2) is 11.5. The van der Waals surface area contributed by atoms with E-state index in [0.29, 0.717) is 41.1 Å². The fourth-order valence-electron chi connectivity index (χ4n) is 6.75. The number of nitrogens with zero attached hydrogens (tertiary/aromatic N) is 5. The summed E-state index contributed by atoms with van der Waals surface area (Å²) in [6.07, 6.45) is 3.53. The third-order valence-corrected chi connectivity index (χ3v) is 9.81. The summed E-state index contributed by atoms with van der Waals surface area (Å²) in [5, 5.41) is 0. The number of piperazine rings is 1. The van der Waals surface area contributed by atoms with E-state index in [2.05, 4.69) is 44.9 Å². The van der Waals surface area contributed by atoms with E-state index < -0.39 is 5.82 Å². The van der Waals surface area contributed by atoms with Gasteiger partial charge in [0.1, 0.15) is 11.6 Å². The van der Waals surface area contributed by atoms with Crippen LogP contribution in [0.4, 0.5) is 10.2 Å². The van der Waals surface area contributed by atoms with E-state index in [1.54, 1.807) is 24.1 Å². The number of piperidine rings is 1. The van der Waals surface area contributed by atoms with Gasteiger partial charge in [0.2, 0.25) is 0 Å². The molecule has 0 radical (unpaired) electrons. The number of benzene rings is 2. The summed E-state index contributed by atoms with van der Waals surface area (Å²) in [6.45, 7) is 5.81. The number of likely N-dealkylation sites (N-methyl/N-ethyl adjacent to an activating group) is 1. The predicted octanol–water partition coefficient (Wildman–Crippen LogP) is 5.16. The van der Waals surface area contributed by atoms with Crippen LogP contribution in [0.3, 0.4) is 0 Å². The SMILES string of the molecule is Cc1c(Br)ccc(F)c1C(=O)N1CCC[C@@H]2CN(C(=O)c3cccnc3N3CCN(C)CC3c3ccccc3)C[C@H]21. The second-order valence-electron chi connectivity index (χ2n) is 11.5. The highest BCUT2D eigenvalue weighted by Crippen LogP contribution is 2.36. The number of aromatic nitrogens is 1. The van der Waals surface area contributed by atoms with Crippen molar-refractivity contribution in [3.63, 3.8) is 0 Å². The number of likely N-dealkylation sites (tertiary alicyclic amines) is 2. The van der Waals surface area contributed by atoms with Gasteiger partial charge in [-0.15, -0.1) is 0 Å². The zero-order chi connectivity index (χ0) is 28.7. The summed E-state index contributed by atoms with van der Waals surface area (Å²) >= 11 is 3.44. The van der Waals surface area contributed by atoms with E-state index in [0.717, 1.165) is 32.5 Å². The normalized spacial score (nSPS) is 23.0. The molecule has 3 aliphatic rings. The Labute approximate surface area is 249 Å². The molecule has 214 valence electrons. The molecule has 3 atom stereocenters. The van der Waals surface area contributed by atoms with Crippen LogP contribution in [0.1, 0.15) is 50.7 Å². The molecule has 9 heteroatoms. The zero-order valence-corrected chi connectivity index (χ0v) is 25.1. The van der Waals surface area contributed by atoms with Crippen LogP contribution < -0.4 is 4.90 Å². The Kier molecular flexibility index (Phi) is 7.83. The number of carbonyl (C=O) groups excluding carboxylic acids is 2. The highest BCUT2D eigenvalue weighted by Gasteiger charge is 2.44. The largest absolute Gasteiger partial charge is 0.346 e. The molecule has 3 saturated heterocycles. The smallest absolute Gasteiger partial charge is 0.257 e. The van der Waals surface area contributed by atoms with Crippen molar-refractivity contribution in [3.8, 4) is 0 Å². The molecule has 6 rings (SSSR count). The zero-order valence-electron chi connectivity index (χ0n) is 23.5. The number of halogens is 2. The Hall–Kier alpha value is -3.30. The molecule has 0 bridgehead atoms. The van der Waals surface area contributed by atoms with Gasteiger partial charge < -0.3 is 19.6 Å². The first-order valence-corrected chi connectivity index (χ1v) is 15.1. The third-order valence-electron chi connectivity index (χ3n) is 8.95. The molecule has 7 nitrogen and oxygen atoms in total. The van der Waals surface area contributed by atoms with Crippen LogP contribution >= 0.6 is 15.9 Å². The van der Waals surface area contributed by atoms with Crippen molar-refractivity contribution in [3.05, 3.63) is 93.3 Å². The number of rotatable bonds is 4. The van der Waals surface area contributed by atoms with Crippen LogP contribution in [0.5, 0.6) is 0 Å². The van der Waals surface area contributed by atoms with Crippen molar-refractivity contribution in [2.24, 2.45) is 5.92 Å². The van der Waals surface area contributed by atoms with Crippen LogP contribution in [0.25, 0.3) is 0 Å². The number of anilines is 1. The fraction of sp³-hybridized carbons (Fsp3) is 0.406. The lowest BCUT2D eigenvalue weighted by Gasteiger charge is -2.41. The van der Waals surface area contributed by atoms with Crippen LogP contribution in [-0.4, -0.2) is 83.9 Å². The molecule has 2 amide bonds. The molecule has 0 aliphatic carbocycles. The standard InChI is InChI=1S/C32H35BrFN5O2/c1-21-25(33)12-13-26(34)29(21)32(41)39-15-7-10-23-18-37(20-28(23)39)31(40)24-11-6-14-35-30(24)38-17-16-36(2)19-27(38)22-8-4-3-5-9-22/h3-6,8-9,11-14,23,27-28H,7,10,15-20H2,1-2H3/t23-,27?,28-/m1/s1. The Morgan fingerprint density at radius 1 is 0.951 bits per heavy atom. The molecule has 3 aromatic rings. The van der Waals surface area contributed by atoms with Crippen LogP contribution in [0.2, 0.25) is 0 Å². The van der Waals surface area contributed by atoms with Crippen molar-refractivity contribution >= 4 is 33.6 Å². The Balaban J connectivity index is 1.27. The number of fused-ring (bicyclic) bond motifs is 1. The molecule has 41 heavy (non-hydrogen) atoms. The minimum Gasteiger partial charge on any atom is -0.346 e. The molecule has 1 aromatic heterocycles. The van der Waals surface area contributed by atoms with Gasteiger partial charge in [0, 0.05) is 49.9 Å². The van der Waals surface area contributed by atoms with E-state index in [9.17, 15) is 14.0 Å². The van der Waals surface area contributed by atoms with Gasteiger partial charge in [-0.3, -0.25) is 9.59 Å². The molecule has 3 aliphatic heterocycles. The number of carbonyl (C=O) groups is 2. The molecule has 0 spiro atoms. The van der Waals surface area contributed by atoms with Crippen LogP contribution in [-0.2, 0) is 0 Å². The Morgan fingerprint density at radius 3 is 2.56 bits per heavy atom. The van der Waals surface area contributed by atoms with E-state index >= 15 is 0 Å². The molecule has 0 saturated carbocycles. The Morgan fingerprint density at radius 2 is 1.76 bits per heavy atom. The van der Waals surface area contributed by atoms with E-state index in [1.165, 1.54) is 11.6 Å². The molecule has 2 aromatic carbocycles. The summed E-state index contributed by atoms with van der Waals surface area (Å²) < 4.78 is 15.6. The summed E-state index contributed by atoms with van der Waals surface area (Å²) in [6, 6.07) is 17.0. The van der Waals surface area contributed by atoms with Crippen molar-refractivity contribution in [1.29, 1.82) is 0 Å². The van der Waals surface area contributed by atoms with Crippen LogP contribution in [0.15, 0.2) is 65.3 Å². The van der Waals surface area contributed by atoms with Gasteiger partial charge in [-0.25, -0.2) is 9.37 Å². The maximum Gasteiger partial charge on any atom is 0.257 e. The van der Waals surface area contributed by atoms with Crippen molar-refractivity contribution in [1.82, 2.24) is 19.7 Å². The summed E-state index contributed by atoms with van der Waals surface area (Å²) in [7, 11) is 2.12. The van der Waals surface area contributed by atoms with Gasteiger partial charge in [-0.05, 0) is 68.1 Å². The van der Waals surface area contributed by atoms with Gasteiger partial charge in [-0.2, -0.15) is 0 Å². The minimum atomic E-state index is -0.510. The van der Waals surface area contributed by atoms with Crippen molar-refractivity contribution in [2.45, 2.75) is 31.8 Å². The van der Waals surface area contributed by atoms with Gasteiger partial charge in [0.15, 0.2) is 0 Å². The predicted molar refractivity (Wildman–Crippen MR) is 161 cm³/mol. The highest BCUT2D eigenvalue weighted by molar-refractivity contribution is 9.10. The quantitative estimate of drug-likeness (QED) is 0.404. The van der Waals surface area contributed by atoms with E-state index in [1.807, 2.05) is 35.2 Å². The van der Waals surface area contributed by atoms with Crippen molar-refractivity contribution < 1.29 is 14.0 Å². The lowest BCUT2D eigenvalue weighted by atomic mass is 9.91. The average molecular weight is 621 g/mol. The van der Waals surface area contributed by atoms with Gasteiger partial charge >= 0.3 is 0 Å². The van der Waals surface area contributed by atoms with Gasteiger partial charge in [0.25, 0.3) is 11.8 Å². The average Bonchev–Trinajstić information content (AvgIpc) is 3.44. The van der Waals surface area contributed by atoms with E-state index in [-0.39, 0.29) is 35.4 Å². The first-order chi connectivity index (χ1) is 19.8. The summed E-state index contributed by atoms with van der Waals surface area (Å²) in [5.41, 5.74) is 2.49. The summed E-state index contributed by atoms with van der Waals surface area (Å²) in [5.74, 6) is -0.00746. The van der Waals surface area contributed by atoms with Gasteiger partial charge in [0.05, 0.1) is 23.2 Å². The maximum absolute atomic E-state index is 14.9. The molecular formula is C32H35BrFN5O2. The lowest BCUT2D eigenvalue weighted by molar-refractivity contribution is 0.0559. The Bertz CT molecular complexity index is 1450. The molecule has 3 fully saturated rings. The maximum atomic E-state index is 14.9. The fourth-order valence-corrected chi connectivity index (χ4v) is 7.08. The van der Waals surface area contributed by atoms with E-state index in [4.69, 9.17) is 4.98 Å². The third kappa shape index (κ3) is 5.26. The number of pyridine rings is 1. The highest BCUT2D eigenvalue weighted by atomic mass is 79.9. The molecule has 4 heterocycles. The molecule has 1 unspecified atom stereocenters. The lowest BCUT2D eigenvalue weighted by Crippen LogP contribution is -2.49. The molecular weight excluding hydrogens is 585 g/mol. The topological polar surface area (TPSA) is 60.0 Å². The minimum absolute atomic E-state index is 0.0644. The number of amides is 2. The summed E-state index contributed by atoms with van der Waals surface area (Å²) in [4.78, 5) is 40.8. The first kappa shape index (κ1) is 27.8. The first-order valence-electron chi connectivity index (χ1n) is 14.3. The van der Waals surface area contributed by atoms with Gasteiger partial charge in [-0.1, -0.05) is 46.3 Å². The van der Waals surface area contributed by atoms with Crippen LogP contribution in [0, 0.1) is 18.7 Å². The molecule has 0 N–H and O–H groups in total. The number of hydrogen-bond donors (Lipinski definition) is 0. The van der Waals surface area contributed by atoms with Crippen molar-refractivity contribution in [2.75, 3.05) is 51.2 Å².